The molecule has 0 aliphatic carbocycles. The van der Waals surface area contributed by atoms with E-state index < -0.39 is 0 Å². The predicted molar refractivity (Wildman–Crippen MR) is 79.0 cm³/mol. The molecule has 2 heterocycles. The normalized spacial score (nSPS) is 9.42. The summed E-state index contributed by atoms with van der Waals surface area (Å²) < 4.78 is 3.69. The molecule has 6 heteroatoms. The Morgan fingerprint density at radius 2 is 1.58 bits per heavy atom. The molecule has 19 heavy (non-hydrogen) atoms. The molecule has 0 radical (unpaired) electrons. The maximum atomic E-state index is 3.88. The number of nitrogens with zero attached hydrogens (tertiary/aromatic N) is 6. The molecule has 0 spiro atoms. The van der Waals surface area contributed by atoms with Gasteiger partial charge in [0, 0.05) is 18.3 Å². The van der Waals surface area contributed by atoms with Crippen molar-refractivity contribution in [1.29, 1.82) is 0 Å². The SMILES string of the molecule is C.C.CC(C)n1ccnn1.Cc1cnnn1C(C)C. The van der Waals surface area contributed by atoms with E-state index in [9.17, 15) is 0 Å². The van der Waals surface area contributed by atoms with Crippen LogP contribution in [-0.4, -0.2) is 30.0 Å². The van der Waals surface area contributed by atoms with Gasteiger partial charge in [-0.15, -0.1) is 10.2 Å². The van der Waals surface area contributed by atoms with Crippen molar-refractivity contribution >= 4 is 0 Å². The fourth-order valence-corrected chi connectivity index (χ4v) is 1.30. The monoisotopic (exact) mass is 268 g/mol. The van der Waals surface area contributed by atoms with Crippen molar-refractivity contribution < 1.29 is 0 Å². The Labute approximate surface area is 116 Å². The zero-order chi connectivity index (χ0) is 12.8. The van der Waals surface area contributed by atoms with Crippen molar-refractivity contribution in [2.75, 3.05) is 0 Å². The molecule has 110 valence electrons. The van der Waals surface area contributed by atoms with Crippen molar-refractivity contribution in [2.24, 2.45) is 0 Å². The van der Waals surface area contributed by atoms with E-state index >= 15 is 0 Å². The number of aryl methyl sites for hydroxylation is 1. The third-order valence-corrected chi connectivity index (χ3v) is 2.21. The van der Waals surface area contributed by atoms with Crippen molar-refractivity contribution in [2.45, 2.75) is 61.6 Å². The van der Waals surface area contributed by atoms with E-state index in [2.05, 4.69) is 48.3 Å². The van der Waals surface area contributed by atoms with E-state index in [1.807, 2.05) is 17.8 Å². The van der Waals surface area contributed by atoms with E-state index in [1.54, 1.807) is 17.1 Å². The molecule has 0 bridgehead atoms. The molecule has 0 saturated heterocycles. The summed E-state index contributed by atoms with van der Waals surface area (Å²) in [5.74, 6) is 0. The third kappa shape index (κ3) is 6.13. The fraction of sp³-hybridized carbons (Fsp3) is 0.692. The van der Waals surface area contributed by atoms with Gasteiger partial charge in [0.25, 0.3) is 0 Å². The van der Waals surface area contributed by atoms with Gasteiger partial charge in [-0.2, -0.15) is 0 Å². The lowest BCUT2D eigenvalue weighted by Crippen LogP contribution is -2.04. The molecule has 0 amide bonds. The second kappa shape index (κ2) is 9.24. The summed E-state index contributed by atoms with van der Waals surface area (Å²) in [4.78, 5) is 0. The molecule has 6 nitrogen and oxygen atoms in total. The molecule has 0 saturated carbocycles. The highest BCUT2D eigenvalue weighted by molar-refractivity contribution is 4.89. The Balaban J connectivity index is 0. The molecule has 2 rings (SSSR count). The van der Waals surface area contributed by atoms with Gasteiger partial charge in [-0.05, 0) is 34.6 Å². The molecule has 2 aromatic rings. The molecule has 0 fully saturated rings. The van der Waals surface area contributed by atoms with Gasteiger partial charge in [0.05, 0.1) is 18.1 Å². The molecule has 0 N–H and O–H groups in total. The Hall–Kier alpha value is -1.72. The number of hydrogen-bond acceptors (Lipinski definition) is 4. The van der Waals surface area contributed by atoms with Crippen LogP contribution < -0.4 is 0 Å². The first-order chi connectivity index (χ1) is 8.02. The first-order valence-electron chi connectivity index (χ1n) is 5.75. The van der Waals surface area contributed by atoms with Crippen LogP contribution >= 0.6 is 0 Å². The molecule has 0 aromatic carbocycles. The second-order valence-electron chi connectivity index (χ2n) is 4.39. The Morgan fingerprint density at radius 3 is 1.79 bits per heavy atom. The Kier molecular flexibility index (Phi) is 9.54. The zero-order valence-electron chi connectivity index (χ0n) is 11.1. The minimum Gasteiger partial charge on any atom is -0.250 e. The van der Waals surface area contributed by atoms with Crippen molar-refractivity contribution in [3.63, 3.8) is 0 Å². The summed E-state index contributed by atoms with van der Waals surface area (Å²) in [5.41, 5.74) is 1.12. The molecule has 2 aromatic heterocycles. The highest BCUT2D eigenvalue weighted by Crippen LogP contribution is 2.03. The molecule has 0 aliphatic rings. The first kappa shape index (κ1) is 19.6. The van der Waals surface area contributed by atoms with Crippen LogP contribution in [0.15, 0.2) is 18.6 Å². The van der Waals surface area contributed by atoms with Gasteiger partial charge in [-0.1, -0.05) is 25.3 Å². The Morgan fingerprint density at radius 1 is 0.947 bits per heavy atom. The van der Waals surface area contributed by atoms with Crippen molar-refractivity contribution in [3.8, 4) is 0 Å². The van der Waals surface area contributed by atoms with E-state index in [1.165, 1.54) is 0 Å². The summed E-state index contributed by atoms with van der Waals surface area (Å²) in [6.07, 6.45) is 5.30. The van der Waals surface area contributed by atoms with Gasteiger partial charge in [0.15, 0.2) is 0 Å². The van der Waals surface area contributed by atoms with Crippen LogP contribution in [0.25, 0.3) is 0 Å². The van der Waals surface area contributed by atoms with Crippen molar-refractivity contribution in [1.82, 2.24) is 30.0 Å². The molecule has 0 unspecified atom stereocenters. The highest BCUT2D eigenvalue weighted by Gasteiger charge is 1.99. The van der Waals surface area contributed by atoms with Crippen LogP contribution in [0.1, 0.15) is 60.3 Å². The predicted octanol–water partition coefficient (Wildman–Crippen LogP) is 3.30. The first-order valence-corrected chi connectivity index (χ1v) is 5.75. The topological polar surface area (TPSA) is 61.4 Å². The van der Waals surface area contributed by atoms with E-state index in [0.29, 0.717) is 12.1 Å². The molecular formula is C13H28N6. The van der Waals surface area contributed by atoms with E-state index in [-0.39, 0.29) is 14.9 Å². The molecule has 0 aliphatic heterocycles. The molecule has 0 atom stereocenters. The van der Waals surface area contributed by atoms with Crippen LogP contribution in [0.2, 0.25) is 0 Å². The maximum Gasteiger partial charge on any atom is 0.0722 e. The largest absolute Gasteiger partial charge is 0.250 e. The number of rotatable bonds is 2. The quantitative estimate of drug-likeness (QED) is 0.838. The third-order valence-electron chi connectivity index (χ3n) is 2.21. The Bertz CT molecular complexity index is 416. The van der Waals surface area contributed by atoms with Crippen LogP contribution in [0.4, 0.5) is 0 Å². The standard InChI is InChI=1S/C6H11N3.C5H9N3.2CH4/c1-5(2)9-6(3)4-7-8-9;1-5(2)8-4-3-6-7-8;;/h4-5H,1-3H3;3-5H,1-2H3;2*1H4. The number of hydrogen-bond donors (Lipinski definition) is 0. The lowest BCUT2D eigenvalue weighted by atomic mass is 10.4. The van der Waals surface area contributed by atoms with Gasteiger partial charge in [-0.25, -0.2) is 4.68 Å². The summed E-state index contributed by atoms with van der Waals surface area (Å²) >= 11 is 0. The van der Waals surface area contributed by atoms with Crippen molar-refractivity contribution in [3.05, 3.63) is 24.3 Å². The summed E-state index contributed by atoms with van der Waals surface area (Å²) in [6.45, 7) is 10.3. The van der Waals surface area contributed by atoms with Gasteiger partial charge in [0.1, 0.15) is 0 Å². The highest BCUT2D eigenvalue weighted by atomic mass is 15.4. The minimum atomic E-state index is 0. The lowest BCUT2D eigenvalue weighted by Gasteiger charge is -2.04. The second-order valence-corrected chi connectivity index (χ2v) is 4.39. The average Bonchev–Trinajstić information content (AvgIpc) is 2.87. The fourth-order valence-electron chi connectivity index (χ4n) is 1.30. The van der Waals surface area contributed by atoms with Crippen LogP contribution in [0, 0.1) is 6.92 Å². The maximum absolute atomic E-state index is 3.88. The summed E-state index contributed by atoms with van der Waals surface area (Å²) in [7, 11) is 0. The van der Waals surface area contributed by atoms with Gasteiger partial charge >= 0.3 is 0 Å². The van der Waals surface area contributed by atoms with E-state index in [4.69, 9.17) is 0 Å². The minimum absolute atomic E-state index is 0. The summed E-state index contributed by atoms with van der Waals surface area (Å²) in [5, 5.41) is 15.1. The molecular weight excluding hydrogens is 240 g/mol. The van der Waals surface area contributed by atoms with Gasteiger partial charge in [-0.3, -0.25) is 4.68 Å². The van der Waals surface area contributed by atoms with Crippen LogP contribution in [0.5, 0.6) is 0 Å². The number of aromatic nitrogens is 6. The lowest BCUT2D eigenvalue weighted by molar-refractivity contribution is 0.502. The summed E-state index contributed by atoms with van der Waals surface area (Å²) in [6, 6.07) is 0.852. The smallest absolute Gasteiger partial charge is 0.0722 e. The van der Waals surface area contributed by atoms with Gasteiger partial charge in [0.2, 0.25) is 0 Å². The van der Waals surface area contributed by atoms with Crippen LogP contribution in [-0.2, 0) is 0 Å². The average molecular weight is 268 g/mol. The van der Waals surface area contributed by atoms with Gasteiger partial charge < -0.3 is 0 Å². The zero-order valence-corrected chi connectivity index (χ0v) is 11.1. The van der Waals surface area contributed by atoms with Crippen LogP contribution in [0.3, 0.4) is 0 Å². The van der Waals surface area contributed by atoms with E-state index in [0.717, 1.165) is 5.69 Å².